The summed E-state index contributed by atoms with van der Waals surface area (Å²) in [5, 5.41) is 18.6. The average molecular weight is 228 g/mol. The topological polar surface area (TPSA) is 40.5 Å². The van der Waals surface area contributed by atoms with Gasteiger partial charge in [-0.25, -0.2) is 0 Å². The van der Waals surface area contributed by atoms with E-state index in [1.54, 1.807) is 6.07 Å². The van der Waals surface area contributed by atoms with Gasteiger partial charge in [0.05, 0.1) is 0 Å². The van der Waals surface area contributed by atoms with Crippen LogP contribution in [0.5, 0.6) is 11.5 Å². The van der Waals surface area contributed by atoms with Crippen LogP contribution in [0.1, 0.15) is 16.7 Å². The molecule has 0 unspecified atom stereocenters. The first kappa shape index (κ1) is 11.5. The molecule has 0 heterocycles. The first-order chi connectivity index (χ1) is 8.15. The van der Waals surface area contributed by atoms with Crippen molar-refractivity contribution in [2.75, 3.05) is 0 Å². The Labute approximate surface area is 101 Å². The molecule has 2 rings (SSSR count). The van der Waals surface area contributed by atoms with Crippen LogP contribution >= 0.6 is 0 Å². The lowest BCUT2D eigenvalue weighted by atomic mass is 10.0. The highest BCUT2D eigenvalue weighted by molar-refractivity contribution is 5.40. The number of rotatable bonds is 3. The van der Waals surface area contributed by atoms with Gasteiger partial charge in [-0.05, 0) is 43.0 Å². The smallest absolute Gasteiger partial charge is 0.157 e. The lowest BCUT2D eigenvalue weighted by Crippen LogP contribution is -1.91. The fourth-order valence-electron chi connectivity index (χ4n) is 1.77. The van der Waals surface area contributed by atoms with Crippen molar-refractivity contribution in [2.45, 2.75) is 19.8 Å². The van der Waals surface area contributed by atoms with Crippen molar-refractivity contribution in [1.29, 1.82) is 0 Å². The molecule has 2 aromatic carbocycles. The van der Waals surface area contributed by atoms with E-state index in [1.807, 2.05) is 6.07 Å². The Bertz CT molecular complexity index is 501. The molecule has 0 saturated carbocycles. The minimum atomic E-state index is -0.0657. The summed E-state index contributed by atoms with van der Waals surface area (Å²) in [7, 11) is 0. The third-order valence-electron chi connectivity index (χ3n) is 2.86. The van der Waals surface area contributed by atoms with Crippen molar-refractivity contribution >= 4 is 0 Å². The highest BCUT2D eigenvalue weighted by atomic mass is 16.3. The highest BCUT2D eigenvalue weighted by Gasteiger charge is 2.01. The summed E-state index contributed by atoms with van der Waals surface area (Å²) in [6.45, 7) is 2.07. The van der Waals surface area contributed by atoms with Gasteiger partial charge in [-0.15, -0.1) is 0 Å². The van der Waals surface area contributed by atoms with Gasteiger partial charge < -0.3 is 10.2 Å². The van der Waals surface area contributed by atoms with Crippen molar-refractivity contribution in [1.82, 2.24) is 0 Å². The second kappa shape index (κ2) is 4.91. The predicted molar refractivity (Wildman–Crippen MR) is 68.4 cm³/mol. The predicted octanol–water partition coefficient (Wildman–Crippen LogP) is 3.19. The SMILES string of the molecule is Cc1ccc(CCc2ccc(O)c(O)c2)cc1. The van der Waals surface area contributed by atoms with E-state index in [0.29, 0.717) is 0 Å². The van der Waals surface area contributed by atoms with Gasteiger partial charge in [-0.3, -0.25) is 0 Å². The van der Waals surface area contributed by atoms with Crippen molar-refractivity contribution in [3.63, 3.8) is 0 Å². The molecule has 0 saturated heterocycles. The van der Waals surface area contributed by atoms with Crippen LogP contribution < -0.4 is 0 Å². The van der Waals surface area contributed by atoms with Gasteiger partial charge in [0.15, 0.2) is 11.5 Å². The molecule has 88 valence electrons. The number of phenolic OH excluding ortho intramolecular Hbond substituents is 2. The minimum absolute atomic E-state index is 0.0496. The first-order valence-electron chi connectivity index (χ1n) is 5.71. The number of aromatic hydroxyl groups is 2. The first-order valence-corrected chi connectivity index (χ1v) is 5.71. The third kappa shape index (κ3) is 3.00. The molecular formula is C15H16O2. The molecule has 0 spiro atoms. The van der Waals surface area contributed by atoms with E-state index in [0.717, 1.165) is 18.4 Å². The van der Waals surface area contributed by atoms with Crippen LogP contribution in [-0.2, 0) is 12.8 Å². The Kier molecular flexibility index (Phi) is 3.33. The Hall–Kier alpha value is -1.96. The van der Waals surface area contributed by atoms with Gasteiger partial charge in [0.1, 0.15) is 0 Å². The van der Waals surface area contributed by atoms with Crippen molar-refractivity contribution in [3.05, 3.63) is 59.2 Å². The molecule has 0 bridgehead atoms. The minimum Gasteiger partial charge on any atom is -0.504 e. The maximum Gasteiger partial charge on any atom is 0.157 e. The molecule has 2 nitrogen and oxygen atoms in total. The van der Waals surface area contributed by atoms with Crippen LogP contribution in [0.25, 0.3) is 0 Å². The molecule has 0 fully saturated rings. The van der Waals surface area contributed by atoms with E-state index in [-0.39, 0.29) is 11.5 Å². The maximum absolute atomic E-state index is 9.38. The molecule has 0 radical (unpaired) electrons. The van der Waals surface area contributed by atoms with Crippen molar-refractivity contribution in [2.24, 2.45) is 0 Å². The molecule has 17 heavy (non-hydrogen) atoms. The summed E-state index contributed by atoms with van der Waals surface area (Å²) in [6.07, 6.45) is 1.79. The van der Waals surface area contributed by atoms with Gasteiger partial charge in [0.2, 0.25) is 0 Å². The van der Waals surface area contributed by atoms with Gasteiger partial charge in [0, 0.05) is 0 Å². The average Bonchev–Trinajstić information content (AvgIpc) is 2.33. The Morgan fingerprint density at radius 3 is 2.00 bits per heavy atom. The van der Waals surface area contributed by atoms with Gasteiger partial charge in [0.25, 0.3) is 0 Å². The summed E-state index contributed by atoms with van der Waals surface area (Å²) < 4.78 is 0. The van der Waals surface area contributed by atoms with Crippen LogP contribution in [0, 0.1) is 6.92 Å². The lowest BCUT2D eigenvalue weighted by molar-refractivity contribution is 0.403. The molecular weight excluding hydrogens is 212 g/mol. The standard InChI is InChI=1S/C15H16O2/c1-11-2-4-12(5-3-11)6-7-13-8-9-14(16)15(17)10-13/h2-5,8-10,16-17H,6-7H2,1H3. The molecule has 0 aliphatic rings. The number of phenols is 2. The molecule has 2 heteroatoms. The monoisotopic (exact) mass is 228 g/mol. The van der Waals surface area contributed by atoms with Crippen LogP contribution in [-0.4, -0.2) is 10.2 Å². The summed E-state index contributed by atoms with van der Waals surface area (Å²) in [6, 6.07) is 13.4. The molecule has 2 N–H and O–H groups in total. The van der Waals surface area contributed by atoms with Crippen molar-refractivity contribution < 1.29 is 10.2 Å². The summed E-state index contributed by atoms with van der Waals surface area (Å²) in [5.41, 5.74) is 3.57. The summed E-state index contributed by atoms with van der Waals surface area (Å²) >= 11 is 0. The Morgan fingerprint density at radius 1 is 0.765 bits per heavy atom. The van der Waals surface area contributed by atoms with Crippen LogP contribution in [0.4, 0.5) is 0 Å². The van der Waals surface area contributed by atoms with E-state index >= 15 is 0 Å². The zero-order valence-electron chi connectivity index (χ0n) is 9.85. The number of hydrogen-bond donors (Lipinski definition) is 2. The normalized spacial score (nSPS) is 10.4. The lowest BCUT2D eigenvalue weighted by Gasteiger charge is -2.04. The van der Waals surface area contributed by atoms with E-state index in [1.165, 1.54) is 17.2 Å². The Morgan fingerprint density at radius 2 is 1.35 bits per heavy atom. The second-order valence-corrected chi connectivity index (χ2v) is 4.31. The quantitative estimate of drug-likeness (QED) is 0.792. The molecule has 0 aliphatic carbocycles. The van der Waals surface area contributed by atoms with E-state index in [4.69, 9.17) is 0 Å². The third-order valence-corrected chi connectivity index (χ3v) is 2.86. The summed E-state index contributed by atoms with van der Waals surface area (Å²) in [4.78, 5) is 0. The zero-order valence-corrected chi connectivity index (χ0v) is 9.85. The molecule has 0 atom stereocenters. The van der Waals surface area contributed by atoms with Crippen LogP contribution in [0.15, 0.2) is 42.5 Å². The molecule has 0 aliphatic heterocycles. The zero-order chi connectivity index (χ0) is 12.3. The Balaban J connectivity index is 2.02. The molecule has 0 amide bonds. The van der Waals surface area contributed by atoms with Gasteiger partial charge in [-0.1, -0.05) is 35.9 Å². The fourth-order valence-corrected chi connectivity index (χ4v) is 1.77. The van der Waals surface area contributed by atoms with Gasteiger partial charge >= 0.3 is 0 Å². The van der Waals surface area contributed by atoms with E-state index in [9.17, 15) is 10.2 Å². The highest BCUT2D eigenvalue weighted by Crippen LogP contribution is 2.25. The van der Waals surface area contributed by atoms with Crippen LogP contribution in [0.2, 0.25) is 0 Å². The number of aryl methyl sites for hydroxylation is 3. The number of hydrogen-bond acceptors (Lipinski definition) is 2. The van der Waals surface area contributed by atoms with Gasteiger partial charge in [-0.2, -0.15) is 0 Å². The van der Waals surface area contributed by atoms with E-state index < -0.39 is 0 Å². The number of benzene rings is 2. The fraction of sp³-hybridized carbons (Fsp3) is 0.200. The van der Waals surface area contributed by atoms with Crippen molar-refractivity contribution in [3.8, 4) is 11.5 Å². The molecule has 0 aromatic heterocycles. The summed E-state index contributed by atoms with van der Waals surface area (Å²) in [5.74, 6) is -0.115. The van der Waals surface area contributed by atoms with Crippen LogP contribution in [0.3, 0.4) is 0 Å². The second-order valence-electron chi connectivity index (χ2n) is 4.31. The maximum atomic E-state index is 9.38. The molecule has 2 aromatic rings. The largest absolute Gasteiger partial charge is 0.504 e. The van der Waals surface area contributed by atoms with E-state index in [2.05, 4.69) is 31.2 Å².